The number of carbonyl (C=O) groups is 2. The van der Waals surface area contributed by atoms with Crippen LogP contribution in [0.25, 0.3) is 0 Å². The predicted octanol–water partition coefficient (Wildman–Crippen LogP) is 3.94. The molecular formula is C32H40N6O2. The maximum Gasteiger partial charge on any atom is 0.319 e. The van der Waals surface area contributed by atoms with Crippen molar-refractivity contribution in [2.75, 3.05) is 68.7 Å². The van der Waals surface area contributed by atoms with Gasteiger partial charge >= 0.3 is 6.03 Å². The van der Waals surface area contributed by atoms with Gasteiger partial charge in [-0.2, -0.15) is 0 Å². The third-order valence-corrected chi connectivity index (χ3v) is 7.88. The lowest BCUT2D eigenvalue weighted by atomic mass is 9.96. The van der Waals surface area contributed by atoms with Gasteiger partial charge in [-0.25, -0.2) is 4.79 Å². The third-order valence-electron chi connectivity index (χ3n) is 7.88. The van der Waals surface area contributed by atoms with E-state index in [2.05, 4.69) is 75.8 Å². The highest BCUT2D eigenvalue weighted by Crippen LogP contribution is 2.35. The van der Waals surface area contributed by atoms with E-state index in [1.165, 1.54) is 11.1 Å². The highest BCUT2D eigenvalue weighted by molar-refractivity contribution is 6.00. The summed E-state index contributed by atoms with van der Waals surface area (Å²) in [6, 6.07) is 26.8. The molecule has 3 aromatic carbocycles. The normalized spacial score (nSPS) is 16.2. The molecule has 0 bridgehead atoms. The standard InChI is InChI=1S/C32H40N6O2/c1-2-17-38(32(33)40)29-24-27(31(39)37-18-15-34-16-19-37)13-14-28(29)35-20-22-36(23-21-35)30(25-9-5-3-6-10-25)26-11-7-4-8-12-26/h3-14,24,30,34H,2,15-23H2,1H3,(H2,33,40). The summed E-state index contributed by atoms with van der Waals surface area (Å²) < 4.78 is 0. The summed E-state index contributed by atoms with van der Waals surface area (Å²) in [6.45, 7) is 8.77. The lowest BCUT2D eigenvalue weighted by Crippen LogP contribution is -2.49. The molecule has 0 atom stereocenters. The summed E-state index contributed by atoms with van der Waals surface area (Å²) in [6.07, 6.45) is 0.766. The minimum Gasteiger partial charge on any atom is -0.367 e. The molecule has 40 heavy (non-hydrogen) atoms. The summed E-state index contributed by atoms with van der Waals surface area (Å²) in [5, 5.41) is 3.29. The number of primary amides is 1. The number of benzene rings is 3. The van der Waals surface area contributed by atoms with Gasteiger partial charge in [0.25, 0.3) is 5.91 Å². The van der Waals surface area contributed by atoms with Gasteiger partial charge in [-0.05, 0) is 35.7 Å². The first-order valence-electron chi connectivity index (χ1n) is 14.4. The SMILES string of the molecule is CCCN(C(N)=O)c1cc(C(=O)N2CCNCC2)ccc1N1CCN(C(c2ccccc2)c2ccccc2)CC1. The van der Waals surface area contributed by atoms with Crippen LogP contribution in [0.1, 0.15) is 40.9 Å². The number of carbonyl (C=O) groups excluding carboxylic acids is 2. The second kappa shape index (κ2) is 13.0. The molecule has 8 nitrogen and oxygen atoms in total. The zero-order valence-electron chi connectivity index (χ0n) is 23.3. The second-order valence-corrected chi connectivity index (χ2v) is 10.5. The Kier molecular flexibility index (Phi) is 8.98. The Bertz CT molecular complexity index is 1230. The Morgan fingerprint density at radius 1 is 0.850 bits per heavy atom. The highest BCUT2D eigenvalue weighted by Gasteiger charge is 2.29. The largest absolute Gasteiger partial charge is 0.367 e. The monoisotopic (exact) mass is 540 g/mol. The average molecular weight is 541 g/mol. The fourth-order valence-electron chi connectivity index (χ4n) is 5.87. The molecule has 8 heteroatoms. The van der Waals surface area contributed by atoms with Crippen molar-refractivity contribution in [1.29, 1.82) is 0 Å². The van der Waals surface area contributed by atoms with Gasteiger partial charge in [0.2, 0.25) is 0 Å². The van der Waals surface area contributed by atoms with Gasteiger partial charge in [-0.3, -0.25) is 14.6 Å². The van der Waals surface area contributed by atoms with Crippen molar-refractivity contribution in [1.82, 2.24) is 15.1 Å². The Labute approximate surface area is 237 Å². The molecule has 0 spiro atoms. The van der Waals surface area contributed by atoms with Crippen molar-refractivity contribution in [2.24, 2.45) is 5.73 Å². The maximum atomic E-state index is 13.3. The molecule has 2 saturated heterocycles. The van der Waals surface area contributed by atoms with Crippen LogP contribution in [0, 0.1) is 0 Å². The van der Waals surface area contributed by atoms with E-state index in [0.717, 1.165) is 51.4 Å². The lowest BCUT2D eigenvalue weighted by molar-refractivity contribution is 0.0736. The number of rotatable bonds is 8. The molecule has 0 aliphatic carbocycles. The van der Waals surface area contributed by atoms with Gasteiger partial charge in [-0.15, -0.1) is 0 Å². The van der Waals surface area contributed by atoms with Gasteiger partial charge in [0.05, 0.1) is 17.4 Å². The number of piperazine rings is 2. The van der Waals surface area contributed by atoms with Crippen LogP contribution < -0.4 is 20.9 Å². The number of nitrogens with one attached hydrogen (secondary N) is 1. The molecule has 3 amide bonds. The van der Waals surface area contributed by atoms with Crippen LogP contribution in [0.5, 0.6) is 0 Å². The van der Waals surface area contributed by atoms with Crippen LogP contribution in [0.3, 0.4) is 0 Å². The van der Waals surface area contributed by atoms with Crippen molar-refractivity contribution < 1.29 is 9.59 Å². The molecule has 0 saturated carbocycles. The smallest absolute Gasteiger partial charge is 0.319 e. The van der Waals surface area contributed by atoms with Gasteiger partial charge in [0, 0.05) is 64.5 Å². The van der Waals surface area contributed by atoms with E-state index < -0.39 is 6.03 Å². The zero-order chi connectivity index (χ0) is 27.9. The van der Waals surface area contributed by atoms with Gasteiger partial charge in [0.1, 0.15) is 0 Å². The molecule has 0 radical (unpaired) electrons. The molecule has 2 aliphatic rings. The minimum absolute atomic E-state index is 0.00592. The van der Waals surface area contributed by atoms with Crippen molar-refractivity contribution in [3.8, 4) is 0 Å². The van der Waals surface area contributed by atoms with E-state index in [9.17, 15) is 9.59 Å². The Morgan fingerprint density at radius 3 is 2.00 bits per heavy atom. The van der Waals surface area contributed by atoms with E-state index in [4.69, 9.17) is 5.73 Å². The third kappa shape index (κ3) is 6.13. The molecule has 5 rings (SSSR count). The minimum atomic E-state index is -0.498. The second-order valence-electron chi connectivity index (χ2n) is 10.5. The van der Waals surface area contributed by atoms with Gasteiger partial charge in [-0.1, -0.05) is 67.6 Å². The van der Waals surface area contributed by atoms with Crippen LogP contribution in [0.2, 0.25) is 0 Å². The van der Waals surface area contributed by atoms with Crippen LogP contribution in [-0.4, -0.2) is 80.6 Å². The van der Waals surface area contributed by atoms with E-state index in [1.54, 1.807) is 4.90 Å². The summed E-state index contributed by atoms with van der Waals surface area (Å²) in [4.78, 5) is 34.2. The molecule has 2 aliphatic heterocycles. The molecule has 2 fully saturated rings. The van der Waals surface area contributed by atoms with Crippen LogP contribution >= 0.6 is 0 Å². The first kappa shape index (κ1) is 27.7. The van der Waals surface area contributed by atoms with Gasteiger partial charge < -0.3 is 20.9 Å². The number of nitrogens with zero attached hydrogens (tertiary/aromatic N) is 4. The zero-order valence-corrected chi connectivity index (χ0v) is 23.3. The Morgan fingerprint density at radius 2 is 1.45 bits per heavy atom. The summed E-state index contributed by atoms with van der Waals surface area (Å²) in [7, 11) is 0. The number of hydrogen-bond acceptors (Lipinski definition) is 5. The van der Waals surface area contributed by atoms with Crippen LogP contribution in [0.4, 0.5) is 16.2 Å². The van der Waals surface area contributed by atoms with Crippen molar-refractivity contribution in [3.05, 3.63) is 95.6 Å². The fraction of sp³-hybridized carbons (Fsp3) is 0.375. The topological polar surface area (TPSA) is 85.1 Å². The van der Waals surface area contributed by atoms with Crippen LogP contribution in [-0.2, 0) is 0 Å². The predicted molar refractivity (Wildman–Crippen MR) is 161 cm³/mol. The van der Waals surface area contributed by atoms with Gasteiger partial charge in [0.15, 0.2) is 0 Å². The van der Waals surface area contributed by atoms with Crippen molar-refractivity contribution in [2.45, 2.75) is 19.4 Å². The summed E-state index contributed by atoms with van der Waals surface area (Å²) in [5.41, 5.74) is 10.7. The Balaban J connectivity index is 1.41. The Hall–Kier alpha value is -3.88. The van der Waals surface area contributed by atoms with E-state index in [1.807, 2.05) is 30.0 Å². The summed E-state index contributed by atoms with van der Waals surface area (Å²) in [5.74, 6) is -0.00592. The number of anilines is 2. The molecular weight excluding hydrogens is 500 g/mol. The number of hydrogen-bond donors (Lipinski definition) is 2. The first-order valence-corrected chi connectivity index (χ1v) is 14.4. The van der Waals surface area contributed by atoms with Crippen molar-refractivity contribution in [3.63, 3.8) is 0 Å². The molecule has 210 valence electrons. The average Bonchev–Trinajstić information content (AvgIpc) is 3.01. The molecule has 2 heterocycles. The first-order chi connectivity index (χ1) is 19.6. The fourth-order valence-corrected chi connectivity index (χ4v) is 5.87. The van der Waals surface area contributed by atoms with Crippen LogP contribution in [0.15, 0.2) is 78.9 Å². The number of nitrogens with two attached hydrogens (primary N) is 1. The highest BCUT2D eigenvalue weighted by atomic mass is 16.2. The van der Waals surface area contributed by atoms with E-state index >= 15 is 0 Å². The van der Waals surface area contributed by atoms with E-state index in [-0.39, 0.29) is 11.9 Å². The maximum absolute atomic E-state index is 13.3. The van der Waals surface area contributed by atoms with Crippen molar-refractivity contribution >= 4 is 23.3 Å². The number of amides is 3. The summed E-state index contributed by atoms with van der Waals surface area (Å²) >= 11 is 0. The molecule has 0 unspecified atom stereocenters. The number of urea groups is 1. The lowest BCUT2D eigenvalue weighted by Gasteiger charge is -2.41. The molecule has 3 N–H and O–H groups in total. The van der Waals surface area contributed by atoms with E-state index in [0.29, 0.717) is 30.9 Å². The molecule has 3 aromatic rings. The quantitative estimate of drug-likeness (QED) is 0.452. The molecule has 0 aromatic heterocycles.